The number of rotatable bonds is 16. The first-order valence-corrected chi connectivity index (χ1v) is 31.1. The number of halogens is 2. The minimum Gasteiger partial charge on any atom is -0.374 e. The van der Waals surface area contributed by atoms with Crippen LogP contribution in [0.2, 0.25) is 10.0 Å². The molecule has 0 radical (unpaired) electrons. The van der Waals surface area contributed by atoms with E-state index in [4.69, 9.17) is 55.0 Å². The van der Waals surface area contributed by atoms with E-state index >= 15 is 0 Å². The molecule has 1 N–H and O–H groups in total. The van der Waals surface area contributed by atoms with Gasteiger partial charge in [0.05, 0.1) is 53.9 Å². The van der Waals surface area contributed by atoms with E-state index in [1.165, 1.54) is 27.8 Å². The second-order valence-corrected chi connectivity index (χ2v) is 24.0. The quantitative estimate of drug-likeness (QED) is 0.0722. The van der Waals surface area contributed by atoms with Gasteiger partial charge in [-0.2, -0.15) is 12.6 Å². The van der Waals surface area contributed by atoms with Crippen molar-refractivity contribution in [3.8, 4) is 22.3 Å². The second-order valence-electron chi connectivity index (χ2n) is 20.4. The summed E-state index contributed by atoms with van der Waals surface area (Å²) >= 11 is 20.8. The van der Waals surface area contributed by atoms with Crippen LogP contribution in [-0.4, -0.2) is 97.2 Å². The number of ether oxygens (including phenoxy) is 3. The summed E-state index contributed by atoms with van der Waals surface area (Å²) in [4.78, 5) is 14.4. The number of benzene rings is 7. The van der Waals surface area contributed by atoms with Gasteiger partial charge < -0.3 is 19.5 Å². The van der Waals surface area contributed by atoms with E-state index < -0.39 is 0 Å². The van der Waals surface area contributed by atoms with Crippen LogP contribution in [0.1, 0.15) is 43.6 Å². The number of nitrogens with zero attached hydrogens (tertiary/aromatic N) is 4. The third-order valence-electron chi connectivity index (χ3n) is 14.5. The molecule has 8 nitrogen and oxygen atoms in total. The zero-order valence-electron chi connectivity index (χ0n) is 45.8. The highest BCUT2D eigenvalue weighted by Crippen LogP contribution is 2.45. The van der Waals surface area contributed by atoms with Crippen LogP contribution < -0.4 is 5.32 Å². The molecule has 0 amide bonds. The van der Waals surface area contributed by atoms with Crippen LogP contribution in [0.15, 0.2) is 247 Å². The molecule has 82 heavy (non-hydrogen) atoms. The zero-order valence-corrected chi connectivity index (χ0v) is 49.8. The van der Waals surface area contributed by atoms with Gasteiger partial charge in [0.25, 0.3) is 0 Å². The Labute approximate surface area is 508 Å². The van der Waals surface area contributed by atoms with E-state index in [0.29, 0.717) is 0 Å². The largest absolute Gasteiger partial charge is 0.374 e. The standard InChI is InChI=1S/C29H27ClN2OS.C22H21ClN2OS.C18H21NOS/c30-25-14-7-13-24(19-25)26-15-8-16-31-29(26)34-28(23-11-5-2-6-12-23)27-21-32(17-18-33-27)20-22-9-3-1-4-10-22;23-18-9-4-8-17(14-18)19-10-5-11-25-22(19)27-21(16-6-2-1-3-7-16)20-15-24-12-13-26-20;21-18(16-9-5-2-6-10-16)17-14-19(11-12-20-17)13-15-7-3-1-4-8-15/h1-16,19,27-28H,17-18,20-21H2;1-11,14,20-21,24H,12-13,15H2;1-10,17-18,21H,11-14H2/t27-,28-;20-,21-;17-,18?/m000/s1. The highest BCUT2D eigenvalue weighted by atomic mass is 35.5. The van der Waals surface area contributed by atoms with Crippen LogP contribution in [-0.2, 0) is 27.3 Å². The van der Waals surface area contributed by atoms with E-state index in [9.17, 15) is 0 Å². The van der Waals surface area contributed by atoms with Gasteiger partial charge in [-0.25, -0.2) is 9.97 Å². The number of pyridine rings is 2. The van der Waals surface area contributed by atoms with Crippen molar-refractivity contribution in [1.29, 1.82) is 0 Å². The van der Waals surface area contributed by atoms with Crippen molar-refractivity contribution in [3.05, 3.63) is 275 Å². The third kappa shape index (κ3) is 17.2. The normalized spacial score (nSPS) is 18.6. The molecule has 12 rings (SSSR count). The van der Waals surface area contributed by atoms with Crippen molar-refractivity contribution in [2.45, 2.75) is 57.2 Å². The lowest BCUT2D eigenvalue weighted by molar-refractivity contribution is -0.0320. The van der Waals surface area contributed by atoms with Crippen molar-refractivity contribution < 1.29 is 14.2 Å². The summed E-state index contributed by atoms with van der Waals surface area (Å²) in [6, 6.07) is 76.9. The number of thiol groups is 1. The highest BCUT2D eigenvalue weighted by molar-refractivity contribution is 7.99. The van der Waals surface area contributed by atoms with Crippen LogP contribution in [0.3, 0.4) is 0 Å². The van der Waals surface area contributed by atoms with Crippen LogP contribution in [0.5, 0.6) is 0 Å². The molecule has 13 heteroatoms. The first-order valence-electron chi connectivity index (χ1n) is 28.1. The van der Waals surface area contributed by atoms with Gasteiger partial charge in [0.1, 0.15) is 10.1 Å². The van der Waals surface area contributed by atoms with Crippen molar-refractivity contribution in [1.82, 2.24) is 25.1 Å². The molecule has 0 aliphatic carbocycles. The zero-order chi connectivity index (χ0) is 56.1. The van der Waals surface area contributed by atoms with Crippen LogP contribution >= 0.6 is 59.4 Å². The predicted octanol–water partition coefficient (Wildman–Crippen LogP) is 15.9. The Bertz CT molecular complexity index is 3320. The van der Waals surface area contributed by atoms with Crippen molar-refractivity contribution in [2.75, 3.05) is 59.1 Å². The minimum absolute atomic E-state index is 0.0547. The molecule has 1 unspecified atom stereocenters. The third-order valence-corrected chi connectivity index (χ3v) is 18.4. The Hall–Kier alpha value is -5.77. The molecule has 0 spiro atoms. The summed E-state index contributed by atoms with van der Waals surface area (Å²) < 4.78 is 18.4. The SMILES string of the molecule is Clc1cccc(-c2cccnc2S[C@@H](c2ccccc2)[C@@H]2CN(Cc3ccccc3)CCO2)c1.Clc1cccc(-c2cccnc2S[C@@H](c2ccccc2)[C@@H]2CNCCO2)c1.SC(c1ccccc1)[C@@H]1CN(Cc2ccccc2)CCO1. The van der Waals surface area contributed by atoms with Gasteiger partial charge >= 0.3 is 0 Å². The first-order chi connectivity index (χ1) is 40.4. The number of hydrogen-bond acceptors (Lipinski definition) is 11. The van der Waals surface area contributed by atoms with E-state index in [1.54, 1.807) is 23.5 Å². The van der Waals surface area contributed by atoms with Gasteiger partial charge in [-0.15, -0.1) is 0 Å². The summed E-state index contributed by atoms with van der Waals surface area (Å²) in [5.74, 6) is 0. The average Bonchev–Trinajstić information content (AvgIpc) is 3.69. The van der Waals surface area contributed by atoms with Gasteiger partial charge in [-0.1, -0.05) is 235 Å². The summed E-state index contributed by atoms with van der Waals surface area (Å²) in [5, 5.41) is 7.29. The molecule has 9 aromatic rings. The van der Waals surface area contributed by atoms with Gasteiger partial charge in [0.15, 0.2) is 0 Å². The fourth-order valence-electron chi connectivity index (χ4n) is 10.4. The Kier molecular flexibility index (Phi) is 22.6. The summed E-state index contributed by atoms with van der Waals surface area (Å²) in [7, 11) is 0. The van der Waals surface area contributed by atoms with Crippen molar-refractivity contribution >= 4 is 59.4 Å². The van der Waals surface area contributed by atoms with Crippen LogP contribution in [0.25, 0.3) is 22.3 Å². The van der Waals surface area contributed by atoms with E-state index in [-0.39, 0.29) is 34.1 Å². The van der Waals surface area contributed by atoms with Gasteiger partial charge in [-0.3, -0.25) is 9.80 Å². The molecule has 3 saturated heterocycles. The summed E-state index contributed by atoms with van der Waals surface area (Å²) in [6.45, 7) is 9.63. The van der Waals surface area contributed by atoms with Gasteiger partial charge in [0.2, 0.25) is 0 Å². The maximum absolute atomic E-state index is 6.39. The lowest BCUT2D eigenvalue weighted by atomic mass is 10.1. The molecule has 5 heterocycles. The molecule has 3 fully saturated rings. The van der Waals surface area contributed by atoms with E-state index in [0.717, 1.165) is 115 Å². The molecule has 0 saturated carbocycles. The smallest absolute Gasteiger partial charge is 0.104 e. The average molecular weight is 1180 g/mol. The number of nitrogens with one attached hydrogen (secondary N) is 1. The number of hydrogen-bond donors (Lipinski definition) is 2. The summed E-state index contributed by atoms with van der Waals surface area (Å²) in [6.07, 6.45) is 4.01. The maximum Gasteiger partial charge on any atom is 0.104 e. The molecule has 2 aromatic heterocycles. The molecule has 0 bridgehead atoms. The predicted molar refractivity (Wildman–Crippen MR) is 343 cm³/mol. The maximum atomic E-state index is 6.39. The van der Waals surface area contributed by atoms with Crippen LogP contribution in [0, 0.1) is 0 Å². The fraction of sp³-hybridized carbons (Fsp3) is 0.246. The highest BCUT2D eigenvalue weighted by Gasteiger charge is 2.32. The van der Waals surface area contributed by atoms with E-state index in [1.807, 2.05) is 73.1 Å². The first kappa shape index (κ1) is 59.4. The minimum atomic E-state index is 0.0547. The monoisotopic (exact) mass is 1180 g/mol. The van der Waals surface area contributed by atoms with Gasteiger partial charge in [0, 0.05) is 85.9 Å². The number of morpholine rings is 3. The topological polar surface area (TPSA) is 72.0 Å². The van der Waals surface area contributed by atoms with Crippen molar-refractivity contribution in [3.63, 3.8) is 0 Å². The Morgan fingerprint density at radius 3 is 1.37 bits per heavy atom. The molecule has 6 atom stereocenters. The van der Waals surface area contributed by atoms with Crippen LogP contribution in [0.4, 0.5) is 0 Å². The molecule has 7 aromatic carbocycles. The van der Waals surface area contributed by atoms with Gasteiger partial charge in [-0.05, 0) is 75.3 Å². The Morgan fingerprint density at radius 2 is 0.902 bits per heavy atom. The number of aromatic nitrogens is 2. The fourth-order valence-corrected chi connectivity index (χ4v) is 13.7. The second kappa shape index (κ2) is 31.2. The lowest BCUT2D eigenvalue weighted by Gasteiger charge is -2.37. The Morgan fingerprint density at radius 1 is 0.476 bits per heavy atom. The van der Waals surface area contributed by atoms with Crippen molar-refractivity contribution in [2.24, 2.45) is 0 Å². The Balaban J connectivity index is 0.000000142. The molecule has 420 valence electrons. The molecule has 3 aliphatic rings. The summed E-state index contributed by atoms with van der Waals surface area (Å²) in [5.41, 5.74) is 10.8. The lowest BCUT2D eigenvalue weighted by Crippen LogP contribution is -2.44. The van der Waals surface area contributed by atoms with E-state index in [2.05, 4.69) is 184 Å². The molecular formula is C69H69Cl2N5O3S3. The number of thioether (sulfide) groups is 2. The molecule has 3 aliphatic heterocycles. The molecular weight excluding hydrogens is 1110 g/mol.